The van der Waals surface area contributed by atoms with Gasteiger partial charge in [-0.2, -0.15) is 0 Å². The van der Waals surface area contributed by atoms with Gasteiger partial charge in [0.15, 0.2) is 0 Å². The standard InChI is InChI=1S/C23H28ClN3O2/c1-23(2,3)29-22(28)27-11-4-5-21(27)19-14-17(24)13-16-8-12-26(15-20(16)19)18-6-9-25-10-7-18/h6-7,9-10,13-14,21H,4-5,8,11-12,15H2,1-3H3. The molecule has 154 valence electrons. The van der Waals surface area contributed by atoms with E-state index < -0.39 is 5.60 Å². The van der Waals surface area contributed by atoms with Crippen molar-refractivity contribution in [3.8, 4) is 0 Å². The largest absolute Gasteiger partial charge is 0.444 e. The molecule has 2 aliphatic heterocycles. The highest BCUT2D eigenvalue weighted by atomic mass is 35.5. The molecule has 2 aromatic rings. The molecule has 0 N–H and O–H groups in total. The molecule has 1 saturated heterocycles. The summed E-state index contributed by atoms with van der Waals surface area (Å²) in [5, 5.41) is 0.743. The zero-order valence-electron chi connectivity index (χ0n) is 17.3. The highest BCUT2D eigenvalue weighted by molar-refractivity contribution is 6.30. The predicted octanol–water partition coefficient (Wildman–Crippen LogP) is 5.37. The van der Waals surface area contributed by atoms with Crippen molar-refractivity contribution in [1.29, 1.82) is 0 Å². The Labute approximate surface area is 177 Å². The number of carbonyl (C=O) groups excluding carboxylic acids is 1. The van der Waals surface area contributed by atoms with E-state index in [1.165, 1.54) is 16.8 Å². The molecule has 3 heterocycles. The molecule has 0 spiro atoms. The fourth-order valence-electron chi connectivity index (χ4n) is 4.36. The number of rotatable bonds is 2. The van der Waals surface area contributed by atoms with Gasteiger partial charge >= 0.3 is 6.09 Å². The number of halogens is 1. The highest BCUT2D eigenvalue weighted by Crippen LogP contribution is 2.39. The van der Waals surface area contributed by atoms with Gasteiger partial charge in [-0.15, -0.1) is 0 Å². The van der Waals surface area contributed by atoms with Gasteiger partial charge in [-0.3, -0.25) is 4.98 Å². The predicted molar refractivity (Wildman–Crippen MR) is 115 cm³/mol. The van der Waals surface area contributed by atoms with Gasteiger partial charge in [0.1, 0.15) is 5.60 Å². The van der Waals surface area contributed by atoms with Crippen molar-refractivity contribution in [1.82, 2.24) is 9.88 Å². The monoisotopic (exact) mass is 413 g/mol. The highest BCUT2D eigenvalue weighted by Gasteiger charge is 2.35. The van der Waals surface area contributed by atoms with Gasteiger partial charge < -0.3 is 14.5 Å². The second-order valence-corrected chi connectivity index (χ2v) is 9.28. The molecule has 1 aromatic carbocycles. The van der Waals surface area contributed by atoms with Gasteiger partial charge in [0.25, 0.3) is 0 Å². The van der Waals surface area contributed by atoms with E-state index in [2.05, 4.69) is 16.0 Å². The maximum atomic E-state index is 12.8. The van der Waals surface area contributed by atoms with Crippen molar-refractivity contribution >= 4 is 23.4 Å². The third kappa shape index (κ3) is 4.35. The molecule has 29 heavy (non-hydrogen) atoms. The van der Waals surface area contributed by atoms with Crippen LogP contribution in [0.3, 0.4) is 0 Å². The normalized spacial score (nSPS) is 19.2. The molecule has 1 amide bonds. The quantitative estimate of drug-likeness (QED) is 0.663. The van der Waals surface area contributed by atoms with Gasteiger partial charge in [-0.1, -0.05) is 11.6 Å². The van der Waals surface area contributed by atoms with Crippen molar-refractivity contribution in [2.24, 2.45) is 0 Å². The summed E-state index contributed by atoms with van der Waals surface area (Å²) in [6.07, 6.45) is 6.25. The third-order valence-corrected chi connectivity index (χ3v) is 5.83. The number of anilines is 1. The summed E-state index contributed by atoms with van der Waals surface area (Å²) in [6, 6.07) is 8.22. The Morgan fingerprint density at radius 1 is 1.21 bits per heavy atom. The fourth-order valence-corrected chi connectivity index (χ4v) is 4.61. The minimum absolute atomic E-state index is 0.00897. The summed E-state index contributed by atoms with van der Waals surface area (Å²) in [5.74, 6) is 0. The number of ether oxygens (including phenoxy) is 1. The van der Waals surface area contributed by atoms with Crippen LogP contribution in [0.2, 0.25) is 5.02 Å². The van der Waals surface area contributed by atoms with Crippen molar-refractivity contribution in [2.45, 2.75) is 58.2 Å². The van der Waals surface area contributed by atoms with E-state index in [-0.39, 0.29) is 12.1 Å². The lowest BCUT2D eigenvalue weighted by Gasteiger charge is -2.35. The number of carbonyl (C=O) groups is 1. The van der Waals surface area contributed by atoms with Gasteiger partial charge in [0, 0.05) is 42.7 Å². The van der Waals surface area contributed by atoms with Gasteiger partial charge in [-0.25, -0.2) is 4.79 Å². The molecule has 0 radical (unpaired) electrons. The molecule has 5 nitrogen and oxygen atoms in total. The molecular weight excluding hydrogens is 386 g/mol. The van der Waals surface area contributed by atoms with Crippen LogP contribution in [0.1, 0.15) is 56.3 Å². The summed E-state index contributed by atoms with van der Waals surface area (Å²) >= 11 is 6.49. The van der Waals surface area contributed by atoms with Gasteiger partial charge in [0.2, 0.25) is 0 Å². The Kier molecular flexibility index (Phi) is 5.43. The van der Waals surface area contributed by atoms with E-state index in [1.807, 2.05) is 56.3 Å². The Bertz CT molecular complexity index is 895. The zero-order valence-corrected chi connectivity index (χ0v) is 18.1. The van der Waals surface area contributed by atoms with Gasteiger partial charge in [-0.05, 0) is 81.0 Å². The molecule has 6 heteroatoms. The number of hydrogen-bond donors (Lipinski definition) is 0. The van der Waals surface area contributed by atoms with Crippen molar-refractivity contribution < 1.29 is 9.53 Å². The van der Waals surface area contributed by atoms with E-state index in [9.17, 15) is 4.79 Å². The number of hydrogen-bond acceptors (Lipinski definition) is 4. The molecule has 1 fully saturated rings. The Morgan fingerprint density at radius 2 is 1.97 bits per heavy atom. The lowest BCUT2D eigenvalue weighted by Crippen LogP contribution is -2.37. The Morgan fingerprint density at radius 3 is 2.69 bits per heavy atom. The Hall–Kier alpha value is -2.27. The number of nitrogens with zero attached hydrogens (tertiary/aromatic N) is 3. The molecule has 0 aliphatic carbocycles. The van der Waals surface area contributed by atoms with Crippen LogP contribution in [0.15, 0.2) is 36.7 Å². The number of likely N-dealkylation sites (tertiary alicyclic amines) is 1. The molecule has 2 aliphatic rings. The lowest BCUT2D eigenvalue weighted by atomic mass is 9.90. The van der Waals surface area contributed by atoms with E-state index in [1.54, 1.807) is 0 Å². The van der Waals surface area contributed by atoms with Crippen LogP contribution < -0.4 is 4.90 Å². The molecule has 1 atom stereocenters. The van der Waals surface area contributed by atoms with Crippen molar-refractivity contribution in [3.05, 3.63) is 58.4 Å². The minimum Gasteiger partial charge on any atom is -0.444 e. The fraction of sp³-hybridized carbons (Fsp3) is 0.478. The van der Waals surface area contributed by atoms with Crippen molar-refractivity contribution in [2.75, 3.05) is 18.0 Å². The number of amides is 1. The average Bonchev–Trinajstić information content (AvgIpc) is 3.16. The van der Waals surface area contributed by atoms with Gasteiger partial charge in [0.05, 0.1) is 6.04 Å². The van der Waals surface area contributed by atoms with E-state index in [0.29, 0.717) is 0 Å². The van der Waals surface area contributed by atoms with E-state index in [0.717, 1.165) is 49.5 Å². The summed E-state index contributed by atoms with van der Waals surface area (Å²) in [7, 11) is 0. The summed E-state index contributed by atoms with van der Waals surface area (Å²) < 4.78 is 5.67. The van der Waals surface area contributed by atoms with Crippen LogP contribution in [0.4, 0.5) is 10.5 Å². The number of pyridine rings is 1. The van der Waals surface area contributed by atoms with Crippen LogP contribution in [0.25, 0.3) is 0 Å². The second kappa shape index (κ2) is 7.86. The molecule has 1 aromatic heterocycles. The van der Waals surface area contributed by atoms with E-state index >= 15 is 0 Å². The van der Waals surface area contributed by atoms with Crippen LogP contribution in [-0.4, -0.2) is 34.7 Å². The number of benzene rings is 1. The minimum atomic E-state index is -0.504. The first-order valence-corrected chi connectivity index (χ1v) is 10.7. The zero-order chi connectivity index (χ0) is 20.6. The van der Waals surface area contributed by atoms with Crippen LogP contribution in [0, 0.1) is 0 Å². The van der Waals surface area contributed by atoms with Crippen molar-refractivity contribution in [3.63, 3.8) is 0 Å². The summed E-state index contributed by atoms with van der Waals surface area (Å²) in [6.45, 7) is 8.19. The lowest BCUT2D eigenvalue weighted by molar-refractivity contribution is 0.0224. The molecule has 4 rings (SSSR count). The summed E-state index contributed by atoms with van der Waals surface area (Å²) in [5.41, 5.74) is 4.40. The Balaban J connectivity index is 1.66. The van der Waals surface area contributed by atoms with Crippen LogP contribution in [0.5, 0.6) is 0 Å². The maximum absolute atomic E-state index is 12.8. The first kappa shape index (κ1) is 20.0. The molecule has 0 bridgehead atoms. The van der Waals surface area contributed by atoms with E-state index in [4.69, 9.17) is 16.3 Å². The number of aromatic nitrogens is 1. The first-order chi connectivity index (χ1) is 13.8. The second-order valence-electron chi connectivity index (χ2n) is 8.84. The first-order valence-electron chi connectivity index (χ1n) is 10.3. The average molecular weight is 414 g/mol. The molecule has 0 saturated carbocycles. The number of fused-ring (bicyclic) bond motifs is 1. The SMILES string of the molecule is CC(C)(C)OC(=O)N1CCCC1c1cc(Cl)cc2c1CN(c1ccncc1)CC2. The smallest absolute Gasteiger partial charge is 0.410 e. The van der Waals surface area contributed by atoms with Crippen LogP contribution in [-0.2, 0) is 17.7 Å². The maximum Gasteiger partial charge on any atom is 0.410 e. The topological polar surface area (TPSA) is 45.7 Å². The molecular formula is C23H28ClN3O2. The summed E-state index contributed by atoms with van der Waals surface area (Å²) in [4.78, 5) is 21.2. The van der Waals surface area contributed by atoms with Crippen LogP contribution >= 0.6 is 11.6 Å². The molecule has 1 unspecified atom stereocenters. The third-order valence-electron chi connectivity index (χ3n) is 5.61.